The molecule has 4 rings (SSSR count). The van der Waals surface area contributed by atoms with Crippen molar-refractivity contribution in [3.63, 3.8) is 0 Å². The summed E-state index contributed by atoms with van der Waals surface area (Å²) in [5, 5.41) is 3.40. The number of pyridine rings is 1. The van der Waals surface area contributed by atoms with Gasteiger partial charge >= 0.3 is 0 Å². The van der Waals surface area contributed by atoms with Crippen LogP contribution in [-0.4, -0.2) is 9.97 Å². The highest BCUT2D eigenvalue weighted by Crippen LogP contribution is 2.24. The predicted octanol–water partition coefficient (Wildman–Crippen LogP) is 4.18. The number of hydrogen-bond donors (Lipinski definition) is 1. The molecule has 2 heteroatoms. The van der Waals surface area contributed by atoms with Crippen molar-refractivity contribution in [2.75, 3.05) is 0 Å². The van der Waals surface area contributed by atoms with Crippen LogP contribution in [0.2, 0.25) is 0 Å². The third-order valence-corrected chi connectivity index (χ3v) is 3.36. The minimum Gasteiger partial charge on any atom is -0.353 e. The first-order valence-corrected chi connectivity index (χ1v) is 6.26. The molecule has 0 aliphatic carbocycles. The van der Waals surface area contributed by atoms with E-state index in [9.17, 15) is 0 Å². The average molecular weight is 243 g/mol. The summed E-state index contributed by atoms with van der Waals surface area (Å²) in [5.74, 6) is 0. The lowest BCUT2D eigenvalue weighted by atomic mass is 10.1. The van der Waals surface area contributed by atoms with E-state index in [2.05, 4.69) is 46.5 Å². The van der Waals surface area contributed by atoms with Gasteiger partial charge in [-0.2, -0.15) is 0 Å². The Hall–Kier alpha value is -2.61. The van der Waals surface area contributed by atoms with E-state index in [0.29, 0.717) is 0 Å². The zero-order valence-corrected chi connectivity index (χ0v) is 10.2. The number of rotatable bonds is 1. The number of aromatic amines is 1. The van der Waals surface area contributed by atoms with Crippen LogP contribution in [0.25, 0.3) is 33.1 Å². The van der Waals surface area contributed by atoms with Crippen LogP contribution >= 0.6 is 0 Å². The van der Waals surface area contributed by atoms with Crippen molar-refractivity contribution in [2.45, 2.75) is 0 Å². The largest absolute Gasteiger partial charge is 0.353 e. The molecule has 89 valence electrons. The molecule has 2 nitrogen and oxygen atoms in total. The van der Waals surface area contributed by atoms with Crippen molar-refractivity contribution in [1.29, 1.82) is 0 Å². The molecule has 0 atom stereocenters. The fourth-order valence-electron chi connectivity index (χ4n) is 2.37. The number of para-hydroxylation sites is 1. The van der Waals surface area contributed by atoms with Crippen LogP contribution in [0.4, 0.5) is 0 Å². The molecule has 0 saturated heterocycles. The van der Waals surface area contributed by atoms with Gasteiger partial charge in [-0.3, -0.25) is 0 Å². The molecule has 1 radical (unpaired) electrons. The number of hydrogen-bond acceptors (Lipinski definition) is 1. The molecule has 2 aromatic heterocycles. The second kappa shape index (κ2) is 3.95. The molecule has 0 unspecified atom stereocenters. The van der Waals surface area contributed by atoms with Crippen LogP contribution in [0.5, 0.6) is 0 Å². The van der Waals surface area contributed by atoms with Crippen molar-refractivity contribution in [2.24, 2.45) is 0 Å². The number of nitrogens with one attached hydrogen (secondary N) is 1. The maximum atomic E-state index is 4.42. The van der Waals surface area contributed by atoms with Gasteiger partial charge in [-0.25, -0.2) is 4.98 Å². The van der Waals surface area contributed by atoms with E-state index in [1.807, 2.05) is 30.3 Å². The topological polar surface area (TPSA) is 28.7 Å². The zero-order chi connectivity index (χ0) is 12.7. The van der Waals surface area contributed by atoms with Crippen molar-refractivity contribution < 1.29 is 0 Å². The molecule has 0 aliphatic rings. The van der Waals surface area contributed by atoms with Crippen LogP contribution in [0.1, 0.15) is 0 Å². The smallest absolute Gasteiger partial charge is 0.0979 e. The molecule has 19 heavy (non-hydrogen) atoms. The maximum Gasteiger partial charge on any atom is 0.0979 e. The Kier molecular flexibility index (Phi) is 2.15. The van der Waals surface area contributed by atoms with Gasteiger partial charge in [0, 0.05) is 16.3 Å². The van der Waals surface area contributed by atoms with Gasteiger partial charge in [0.1, 0.15) is 0 Å². The monoisotopic (exact) mass is 243 g/mol. The van der Waals surface area contributed by atoms with E-state index in [0.717, 1.165) is 27.7 Å². The van der Waals surface area contributed by atoms with Gasteiger partial charge in [-0.15, -0.1) is 0 Å². The molecule has 0 fully saturated rings. The fraction of sp³-hybridized carbons (Fsp3) is 0. The Balaban J connectivity index is 1.93. The second-order valence-electron chi connectivity index (χ2n) is 4.61. The number of fused-ring (bicyclic) bond motifs is 2. The lowest BCUT2D eigenvalue weighted by Gasteiger charge is -1.99. The molecule has 2 aromatic carbocycles. The van der Waals surface area contributed by atoms with Crippen molar-refractivity contribution in [1.82, 2.24) is 9.97 Å². The highest BCUT2D eigenvalue weighted by atomic mass is 14.8. The summed E-state index contributed by atoms with van der Waals surface area (Å²) in [7, 11) is 0. The van der Waals surface area contributed by atoms with Gasteiger partial charge in [-0.1, -0.05) is 42.5 Å². The van der Waals surface area contributed by atoms with Crippen molar-refractivity contribution >= 4 is 21.7 Å². The molecule has 2 heterocycles. The SMILES string of the molecule is [c]1nc(-c2cc3ccccc3[nH]2)cc2ccccc12. The summed E-state index contributed by atoms with van der Waals surface area (Å²) in [4.78, 5) is 7.81. The van der Waals surface area contributed by atoms with E-state index in [1.165, 1.54) is 5.39 Å². The van der Waals surface area contributed by atoms with Crippen LogP contribution in [0.15, 0.2) is 60.7 Å². The second-order valence-corrected chi connectivity index (χ2v) is 4.61. The summed E-state index contributed by atoms with van der Waals surface area (Å²) in [6, 6.07) is 20.6. The quantitative estimate of drug-likeness (QED) is 0.533. The average Bonchev–Trinajstić information content (AvgIpc) is 2.90. The van der Waals surface area contributed by atoms with E-state index >= 15 is 0 Å². The summed E-state index contributed by atoms with van der Waals surface area (Å²) in [6.07, 6.45) is 3.09. The molecular weight excluding hydrogens is 232 g/mol. The van der Waals surface area contributed by atoms with E-state index < -0.39 is 0 Å². The Bertz CT molecular complexity index is 841. The summed E-state index contributed by atoms with van der Waals surface area (Å²) in [6.45, 7) is 0. The van der Waals surface area contributed by atoms with Gasteiger partial charge in [-0.05, 0) is 23.6 Å². The van der Waals surface area contributed by atoms with Gasteiger partial charge in [0.15, 0.2) is 0 Å². The Labute approximate surface area is 110 Å². The molecule has 0 spiro atoms. The molecule has 0 aliphatic heterocycles. The first kappa shape index (κ1) is 10.3. The van der Waals surface area contributed by atoms with E-state index in [-0.39, 0.29) is 0 Å². The van der Waals surface area contributed by atoms with Crippen LogP contribution in [0.3, 0.4) is 0 Å². The molecule has 0 bridgehead atoms. The molecular formula is C17H11N2. The van der Waals surface area contributed by atoms with Gasteiger partial charge in [0.2, 0.25) is 0 Å². The lowest BCUT2D eigenvalue weighted by molar-refractivity contribution is 1.30. The Morgan fingerprint density at radius 2 is 1.63 bits per heavy atom. The summed E-state index contributed by atoms with van der Waals surface area (Å²) in [5.41, 5.74) is 3.09. The molecule has 0 amide bonds. The van der Waals surface area contributed by atoms with Gasteiger partial charge < -0.3 is 4.98 Å². The normalized spacial score (nSPS) is 11.2. The number of benzene rings is 2. The fourth-order valence-corrected chi connectivity index (χ4v) is 2.37. The molecule has 0 saturated carbocycles. The van der Waals surface area contributed by atoms with Crippen molar-refractivity contribution in [3.05, 3.63) is 66.9 Å². The third-order valence-electron chi connectivity index (χ3n) is 3.36. The predicted molar refractivity (Wildman–Crippen MR) is 77.9 cm³/mol. The Morgan fingerprint density at radius 1 is 0.842 bits per heavy atom. The maximum absolute atomic E-state index is 4.42. The first-order valence-electron chi connectivity index (χ1n) is 6.26. The van der Waals surface area contributed by atoms with E-state index in [4.69, 9.17) is 0 Å². The summed E-state index contributed by atoms with van der Waals surface area (Å²) >= 11 is 0. The minimum absolute atomic E-state index is 0.926. The van der Waals surface area contributed by atoms with Gasteiger partial charge in [0.25, 0.3) is 0 Å². The number of nitrogens with zero attached hydrogens (tertiary/aromatic N) is 1. The summed E-state index contributed by atoms with van der Waals surface area (Å²) < 4.78 is 0. The standard InChI is InChI=1S/C17H11N2/c1-2-7-14-11-18-16(9-12(14)5-1)17-10-13-6-3-4-8-15(13)19-17/h1-10,19H. The zero-order valence-electron chi connectivity index (χ0n) is 10.2. The highest BCUT2D eigenvalue weighted by molar-refractivity contribution is 5.88. The van der Waals surface area contributed by atoms with E-state index in [1.54, 1.807) is 0 Å². The van der Waals surface area contributed by atoms with Gasteiger partial charge in [0.05, 0.1) is 17.6 Å². The third kappa shape index (κ3) is 1.69. The highest BCUT2D eigenvalue weighted by Gasteiger charge is 2.05. The minimum atomic E-state index is 0.926. The number of H-pyrrole nitrogens is 1. The van der Waals surface area contributed by atoms with Crippen molar-refractivity contribution in [3.8, 4) is 11.4 Å². The van der Waals surface area contributed by atoms with Crippen LogP contribution < -0.4 is 0 Å². The lowest BCUT2D eigenvalue weighted by Crippen LogP contribution is -1.84. The Morgan fingerprint density at radius 3 is 2.53 bits per heavy atom. The van der Waals surface area contributed by atoms with Crippen LogP contribution in [-0.2, 0) is 0 Å². The molecule has 1 N–H and O–H groups in total. The number of aromatic nitrogens is 2. The van der Waals surface area contributed by atoms with Crippen LogP contribution in [0, 0.1) is 6.20 Å². The molecule has 4 aromatic rings. The first-order chi connectivity index (χ1) is 9.40.